The first-order valence-electron chi connectivity index (χ1n) is 8.27. The van der Waals surface area contributed by atoms with Crippen molar-refractivity contribution < 1.29 is 9.53 Å². The number of methoxy groups -OCH3 is 1. The van der Waals surface area contributed by atoms with Crippen LogP contribution in [-0.2, 0) is 9.53 Å². The quantitative estimate of drug-likeness (QED) is 0.860. The number of carbonyl (C=O) groups excluding carboxylic acids is 1. The summed E-state index contributed by atoms with van der Waals surface area (Å²) in [6.07, 6.45) is 4.56. The second kappa shape index (κ2) is 6.80. The van der Waals surface area contributed by atoms with Crippen LogP contribution in [0.5, 0.6) is 0 Å². The molecule has 2 fully saturated rings. The standard InChI is InChI=1S/C18H26N2O2/c1-19-11-7-6-10-15-17(19)12-16(14-8-4-3-5-9-14)20(15)18(21)13-22-2/h3-5,8-9,15-17H,6-7,10-13H2,1-2H3/t15-,16-,17+/m0/s1. The lowest BCUT2D eigenvalue weighted by molar-refractivity contribution is -0.138. The number of carbonyl (C=O) groups is 1. The van der Waals surface area contributed by atoms with Gasteiger partial charge >= 0.3 is 0 Å². The van der Waals surface area contributed by atoms with Crippen molar-refractivity contribution in [3.63, 3.8) is 0 Å². The van der Waals surface area contributed by atoms with E-state index < -0.39 is 0 Å². The van der Waals surface area contributed by atoms with Crippen molar-refractivity contribution in [2.75, 3.05) is 27.3 Å². The summed E-state index contributed by atoms with van der Waals surface area (Å²) in [5.41, 5.74) is 1.24. The van der Waals surface area contributed by atoms with E-state index in [1.807, 2.05) is 6.07 Å². The number of likely N-dealkylation sites (N-methyl/N-ethyl adjacent to an activating group) is 1. The van der Waals surface area contributed by atoms with Gasteiger partial charge in [-0.05, 0) is 38.4 Å². The number of benzene rings is 1. The van der Waals surface area contributed by atoms with Crippen molar-refractivity contribution in [3.05, 3.63) is 35.9 Å². The Balaban J connectivity index is 1.92. The second-order valence-electron chi connectivity index (χ2n) is 6.51. The fourth-order valence-electron chi connectivity index (χ4n) is 4.13. The number of ether oxygens (including phenoxy) is 1. The molecule has 120 valence electrons. The molecule has 4 nitrogen and oxygen atoms in total. The molecule has 0 bridgehead atoms. The lowest BCUT2D eigenvalue weighted by Crippen LogP contribution is -2.45. The van der Waals surface area contributed by atoms with Gasteiger partial charge < -0.3 is 14.5 Å². The average molecular weight is 302 g/mol. The van der Waals surface area contributed by atoms with Crippen molar-refractivity contribution >= 4 is 5.91 Å². The van der Waals surface area contributed by atoms with E-state index in [1.165, 1.54) is 18.4 Å². The third-order valence-corrected chi connectivity index (χ3v) is 5.17. The van der Waals surface area contributed by atoms with Crippen LogP contribution in [0.1, 0.15) is 37.3 Å². The van der Waals surface area contributed by atoms with Crippen LogP contribution in [0, 0.1) is 0 Å². The van der Waals surface area contributed by atoms with Gasteiger partial charge in [0.15, 0.2) is 0 Å². The highest BCUT2D eigenvalue weighted by atomic mass is 16.5. The number of rotatable bonds is 3. The predicted octanol–water partition coefficient (Wildman–Crippen LogP) is 2.46. The zero-order chi connectivity index (χ0) is 15.5. The highest BCUT2D eigenvalue weighted by Gasteiger charge is 2.45. The summed E-state index contributed by atoms with van der Waals surface area (Å²) in [6, 6.07) is 11.4. The third kappa shape index (κ3) is 2.90. The zero-order valence-electron chi connectivity index (χ0n) is 13.6. The number of amides is 1. The topological polar surface area (TPSA) is 32.8 Å². The molecule has 0 spiro atoms. The molecule has 2 aliphatic rings. The highest BCUT2D eigenvalue weighted by Crippen LogP contribution is 2.41. The van der Waals surface area contributed by atoms with Crippen LogP contribution < -0.4 is 0 Å². The lowest BCUT2D eigenvalue weighted by Gasteiger charge is -2.32. The monoisotopic (exact) mass is 302 g/mol. The predicted molar refractivity (Wildman–Crippen MR) is 86.6 cm³/mol. The second-order valence-corrected chi connectivity index (χ2v) is 6.51. The number of nitrogens with zero attached hydrogens (tertiary/aromatic N) is 2. The Labute approximate surface area is 133 Å². The number of fused-ring (bicyclic) bond motifs is 1. The molecule has 2 heterocycles. The summed E-state index contributed by atoms with van der Waals surface area (Å²) < 4.78 is 5.13. The van der Waals surface area contributed by atoms with Crippen molar-refractivity contribution in [1.29, 1.82) is 0 Å². The van der Waals surface area contributed by atoms with Crippen LogP contribution in [0.4, 0.5) is 0 Å². The van der Waals surface area contributed by atoms with E-state index >= 15 is 0 Å². The van der Waals surface area contributed by atoms with Gasteiger partial charge in [0.25, 0.3) is 0 Å². The Kier molecular flexibility index (Phi) is 4.79. The third-order valence-electron chi connectivity index (χ3n) is 5.17. The molecule has 2 aliphatic heterocycles. The number of likely N-dealkylation sites (tertiary alicyclic amines) is 2. The smallest absolute Gasteiger partial charge is 0.249 e. The lowest BCUT2D eigenvalue weighted by atomic mass is 10.0. The Morgan fingerprint density at radius 3 is 2.73 bits per heavy atom. The van der Waals surface area contributed by atoms with Crippen molar-refractivity contribution in [2.45, 2.75) is 43.8 Å². The zero-order valence-corrected chi connectivity index (χ0v) is 13.6. The van der Waals surface area contributed by atoms with Gasteiger partial charge in [-0.2, -0.15) is 0 Å². The van der Waals surface area contributed by atoms with Gasteiger partial charge in [0.05, 0.1) is 6.04 Å². The molecule has 0 aliphatic carbocycles. The molecule has 3 atom stereocenters. The Morgan fingerprint density at radius 1 is 1.23 bits per heavy atom. The van der Waals surface area contributed by atoms with Crippen LogP contribution in [-0.4, -0.2) is 55.1 Å². The highest BCUT2D eigenvalue weighted by molar-refractivity contribution is 5.79. The molecule has 0 unspecified atom stereocenters. The van der Waals surface area contributed by atoms with Gasteiger partial charge in [-0.25, -0.2) is 0 Å². The maximum atomic E-state index is 12.7. The molecule has 0 saturated carbocycles. The minimum Gasteiger partial charge on any atom is -0.375 e. The summed E-state index contributed by atoms with van der Waals surface area (Å²) >= 11 is 0. The molecule has 0 aromatic heterocycles. The molecule has 1 amide bonds. The van der Waals surface area contributed by atoms with Gasteiger partial charge in [0.2, 0.25) is 5.91 Å². The first-order valence-corrected chi connectivity index (χ1v) is 8.27. The van der Waals surface area contributed by atoms with Crippen LogP contribution in [0.15, 0.2) is 30.3 Å². The number of hydrogen-bond acceptors (Lipinski definition) is 3. The molecular weight excluding hydrogens is 276 g/mol. The first kappa shape index (κ1) is 15.5. The van der Waals surface area contributed by atoms with Gasteiger partial charge in [0, 0.05) is 19.2 Å². The molecular formula is C18H26N2O2. The van der Waals surface area contributed by atoms with E-state index in [1.54, 1.807) is 7.11 Å². The van der Waals surface area contributed by atoms with E-state index in [0.717, 1.165) is 19.4 Å². The maximum absolute atomic E-state index is 12.7. The summed E-state index contributed by atoms with van der Waals surface area (Å²) in [6.45, 7) is 1.31. The van der Waals surface area contributed by atoms with Gasteiger partial charge in [-0.15, -0.1) is 0 Å². The molecule has 0 N–H and O–H groups in total. The summed E-state index contributed by atoms with van der Waals surface area (Å²) in [5, 5.41) is 0. The summed E-state index contributed by atoms with van der Waals surface area (Å²) in [5.74, 6) is 0.124. The fraction of sp³-hybridized carbons (Fsp3) is 0.611. The molecule has 1 aromatic rings. The van der Waals surface area contributed by atoms with Gasteiger partial charge in [-0.1, -0.05) is 36.8 Å². The SMILES string of the molecule is COCC(=O)N1[C@H](c2ccccc2)C[C@@H]2[C@@H]1CCCCN2C. The van der Waals surface area contributed by atoms with Gasteiger partial charge in [-0.3, -0.25) is 4.79 Å². The molecule has 3 rings (SSSR count). The van der Waals surface area contributed by atoms with Gasteiger partial charge in [0.1, 0.15) is 6.61 Å². The van der Waals surface area contributed by atoms with E-state index in [9.17, 15) is 4.79 Å². The average Bonchev–Trinajstić information content (AvgIpc) is 2.83. The van der Waals surface area contributed by atoms with E-state index in [0.29, 0.717) is 12.1 Å². The largest absolute Gasteiger partial charge is 0.375 e. The molecule has 22 heavy (non-hydrogen) atoms. The fourth-order valence-corrected chi connectivity index (χ4v) is 4.13. The minimum absolute atomic E-state index is 0.124. The minimum atomic E-state index is 0.124. The number of hydrogen-bond donors (Lipinski definition) is 0. The normalized spacial score (nSPS) is 29.2. The van der Waals surface area contributed by atoms with Crippen LogP contribution >= 0.6 is 0 Å². The van der Waals surface area contributed by atoms with E-state index in [-0.39, 0.29) is 18.6 Å². The summed E-state index contributed by atoms with van der Waals surface area (Å²) in [4.78, 5) is 17.3. The van der Waals surface area contributed by atoms with E-state index in [4.69, 9.17) is 4.74 Å². The van der Waals surface area contributed by atoms with Crippen molar-refractivity contribution in [2.24, 2.45) is 0 Å². The molecule has 2 saturated heterocycles. The maximum Gasteiger partial charge on any atom is 0.249 e. The van der Waals surface area contributed by atoms with E-state index in [2.05, 4.69) is 41.1 Å². The van der Waals surface area contributed by atoms with Crippen molar-refractivity contribution in [1.82, 2.24) is 9.80 Å². The summed E-state index contributed by atoms with van der Waals surface area (Å²) in [7, 11) is 3.80. The van der Waals surface area contributed by atoms with Crippen LogP contribution in [0.3, 0.4) is 0 Å². The van der Waals surface area contributed by atoms with Crippen molar-refractivity contribution in [3.8, 4) is 0 Å². The Bertz CT molecular complexity index is 505. The molecule has 4 heteroatoms. The molecule has 0 radical (unpaired) electrons. The Morgan fingerprint density at radius 2 is 2.00 bits per heavy atom. The van der Waals surface area contributed by atoms with Crippen LogP contribution in [0.25, 0.3) is 0 Å². The van der Waals surface area contributed by atoms with Crippen LogP contribution in [0.2, 0.25) is 0 Å². The Hall–Kier alpha value is -1.39. The molecule has 1 aromatic carbocycles. The first-order chi connectivity index (χ1) is 10.7.